The van der Waals surface area contributed by atoms with Gasteiger partial charge in [0.05, 0.1) is 16.5 Å². The zero-order valence-electron chi connectivity index (χ0n) is 20.6. The Morgan fingerprint density at radius 2 is 1.18 bits per heavy atom. The summed E-state index contributed by atoms with van der Waals surface area (Å²) in [5.41, 5.74) is 1.88. The van der Waals surface area contributed by atoms with Gasteiger partial charge in [0.15, 0.2) is 0 Å². The molecule has 5 aromatic rings. The zero-order chi connectivity index (χ0) is 28.4. The molecule has 0 saturated heterocycles. The van der Waals surface area contributed by atoms with Gasteiger partial charge in [0.2, 0.25) is 0 Å². The van der Waals surface area contributed by atoms with Gasteiger partial charge in [-0.3, -0.25) is 9.59 Å². The first-order valence-electron chi connectivity index (χ1n) is 11.3. The number of carbonyl (C=O) groups is 4. The lowest BCUT2D eigenvalue weighted by Crippen LogP contribution is -2.12. The molecule has 4 aromatic carbocycles. The number of aromatic carboxylic acids is 2. The number of fused-ring (bicyclic) bond motifs is 1. The third kappa shape index (κ3) is 4.66. The van der Waals surface area contributed by atoms with Crippen molar-refractivity contribution in [2.75, 3.05) is 0 Å². The van der Waals surface area contributed by atoms with Crippen molar-refractivity contribution >= 4 is 63.8 Å². The van der Waals surface area contributed by atoms with Crippen LogP contribution in [0.25, 0.3) is 38.9 Å². The monoisotopic (exact) mass is 528 g/mol. The summed E-state index contributed by atoms with van der Waals surface area (Å²) in [5, 5.41) is 21.8. The van der Waals surface area contributed by atoms with Crippen molar-refractivity contribution in [2.45, 2.75) is 13.8 Å². The summed E-state index contributed by atoms with van der Waals surface area (Å²) in [6, 6.07) is 12.3. The molecule has 0 aliphatic carbocycles. The van der Waals surface area contributed by atoms with Crippen LogP contribution in [-0.4, -0.2) is 35.1 Å². The first-order valence-corrected chi connectivity index (χ1v) is 11.3. The van der Waals surface area contributed by atoms with Crippen LogP contribution in [0.3, 0.4) is 0 Å². The highest BCUT2D eigenvalue weighted by Gasteiger charge is 2.22. The second kappa shape index (κ2) is 10.5. The van der Waals surface area contributed by atoms with Gasteiger partial charge in [-0.1, -0.05) is 24.8 Å². The summed E-state index contributed by atoms with van der Waals surface area (Å²) in [6.45, 7) is 8.07. The fraction of sp³-hybridized carbons (Fsp3) is 0.0690. The Balaban J connectivity index is 0.000000186. The van der Waals surface area contributed by atoms with Crippen molar-refractivity contribution in [3.05, 3.63) is 86.6 Å². The Hall–Kier alpha value is -5.51. The average Bonchev–Trinajstić information content (AvgIpc) is 2.89. The predicted octanol–water partition coefficient (Wildman–Crippen LogP) is 4.00. The normalized spacial score (nSPS) is 10.6. The van der Waals surface area contributed by atoms with Gasteiger partial charge in [-0.05, 0) is 60.7 Å². The number of carbonyl (C=O) groups excluding carboxylic acids is 2. The zero-order valence-corrected chi connectivity index (χ0v) is 20.6. The Morgan fingerprint density at radius 3 is 1.62 bits per heavy atom. The second-order valence-corrected chi connectivity index (χ2v) is 8.43. The Morgan fingerprint density at radius 1 is 0.718 bits per heavy atom. The molecule has 0 unspecified atom stereocenters. The average molecular weight is 528 g/mol. The highest BCUT2D eigenvalue weighted by Crippen LogP contribution is 2.38. The molecular formula is C29H20O10. The maximum Gasteiger partial charge on any atom is 0.344 e. The molecule has 0 saturated carbocycles. The van der Waals surface area contributed by atoms with Crippen molar-refractivity contribution in [3.63, 3.8) is 0 Å². The lowest BCUT2D eigenvalue weighted by Gasteiger charge is -2.12. The fourth-order valence-corrected chi connectivity index (χ4v) is 4.58. The molecule has 10 nitrogen and oxygen atoms in total. The largest absolute Gasteiger partial charge is 0.478 e. The van der Waals surface area contributed by atoms with Crippen molar-refractivity contribution < 1.29 is 43.3 Å². The summed E-state index contributed by atoms with van der Waals surface area (Å²) >= 11 is 0. The van der Waals surface area contributed by atoms with Gasteiger partial charge in [-0.2, -0.15) is 0 Å². The molecule has 196 valence electrons. The lowest BCUT2D eigenvalue weighted by molar-refractivity contribution is -0.121. The molecule has 0 atom stereocenters. The smallest absolute Gasteiger partial charge is 0.344 e. The van der Waals surface area contributed by atoms with E-state index >= 15 is 0 Å². The van der Waals surface area contributed by atoms with Crippen LogP contribution in [-0.2, 0) is 9.59 Å². The molecule has 1 aromatic heterocycles. The summed E-state index contributed by atoms with van der Waals surface area (Å²) in [4.78, 5) is 55.6. The number of ether oxygens (including phenoxy) is 2. The summed E-state index contributed by atoms with van der Waals surface area (Å²) in [7, 11) is 0. The van der Waals surface area contributed by atoms with Crippen molar-refractivity contribution in [1.29, 1.82) is 0 Å². The second-order valence-electron chi connectivity index (χ2n) is 8.43. The predicted molar refractivity (Wildman–Crippen MR) is 141 cm³/mol. The van der Waals surface area contributed by atoms with E-state index in [1.165, 1.54) is 23.3 Å². The molecule has 0 fully saturated rings. The minimum absolute atomic E-state index is 0.0775. The number of benzene rings is 4. The van der Waals surface area contributed by atoms with Gasteiger partial charge in [0.1, 0.15) is 16.9 Å². The Labute approximate surface area is 219 Å². The highest BCUT2D eigenvalue weighted by molar-refractivity contribution is 6.15. The van der Waals surface area contributed by atoms with Crippen LogP contribution in [0.2, 0.25) is 0 Å². The van der Waals surface area contributed by atoms with E-state index in [1.807, 2.05) is 24.3 Å². The van der Waals surface area contributed by atoms with E-state index in [-0.39, 0.29) is 52.0 Å². The fourth-order valence-electron chi connectivity index (χ4n) is 4.58. The SMILES string of the molecule is C=c1oc(=O)c2ccc(C)c3c(C)ccc1c32.O=COc1ccc(OC=O)c2c(C(=O)O)ccc(C(=O)O)c12. The summed E-state index contributed by atoms with van der Waals surface area (Å²) in [5.74, 6) is -3.05. The van der Waals surface area contributed by atoms with Crippen LogP contribution in [0, 0.1) is 13.8 Å². The summed E-state index contributed by atoms with van der Waals surface area (Å²) in [6.07, 6.45) is 0. The number of carboxylic acid groups (broad SMARTS) is 2. The Bertz CT molecular complexity index is 1780. The topological polar surface area (TPSA) is 157 Å². The number of aryl methyl sites for hydroxylation is 2. The first-order chi connectivity index (χ1) is 18.6. The highest BCUT2D eigenvalue weighted by atomic mass is 16.5. The maximum absolute atomic E-state index is 11.8. The maximum atomic E-state index is 11.8. The van der Waals surface area contributed by atoms with E-state index in [1.54, 1.807) is 0 Å². The van der Waals surface area contributed by atoms with Gasteiger partial charge >= 0.3 is 17.6 Å². The van der Waals surface area contributed by atoms with Gasteiger partial charge < -0.3 is 24.1 Å². The van der Waals surface area contributed by atoms with E-state index in [4.69, 9.17) is 13.9 Å². The van der Waals surface area contributed by atoms with Crippen molar-refractivity contribution in [2.24, 2.45) is 0 Å². The van der Waals surface area contributed by atoms with Crippen LogP contribution < -0.4 is 20.5 Å². The number of rotatable bonds is 6. The van der Waals surface area contributed by atoms with Crippen LogP contribution >= 0.6 is 0 Å². The van der Waals surface area contributed by atoms with Gasteiger partial charge in [0.25, 0.3) is 12.9 Å². The molecule has 0 radical (unpaired) electrons. The molecule has 10 heteroatoms. The van der Waals surface area contributed by atoms with E-state index in [0.29, 0.717) is 10.8 Å². The van der Waals surface area contributed by atoms with Gasteiger partial charge in [-0.15, -0.1) is 0 Å². The third-order valence-corrected chi connectivity index (χ3v) is 6.21. The minimum atomic E-state index is -1.36. The standard InChI is InChI=1S/C15H12O2.C14H8O8/c1-8-4-6-11-10(3)17-15(16)12-7-5-9(2)13(8)14(11)12;15-5-21-9-3-4-10(22-6-16)12-8(14(19)20)2-1-7(11(9)12)13(17)18/h4-7H,3H2,1-2H3;1-6H,(H,17,18)(H,19,20). The number of hydrogen-bond donors (Lipinski definition) is 2. The third-order valence-electron chi connectivity index (χ3n) is 6.21. The van der Waals surface area contributed by atoms with Crippen LogP contribution in [0.15, 0.2) is 57.7 Å². The van der Waals surface area contributed by atoms with Gasteiger partial charge in [-0.25, -0.2) is 14.4 Å². The Kier molecular flexibility index (Phi) is 7.12. The molecule has 0 bridgehead atoms. The molecule has 2 N–H and O–H groups in total. The summed E-state index contributed by atoms with van der Waals surface area (Å²) < 4.78 is 14.5. The molecule has 0 aliphatic heterocycles. The van der Waals surface area contributed by atoms with Crippen molar-refractivity contribution in [3.8, 4) is 11.5 Å². The lowest BCUT2D eigenvalue weighted by atomic mass is 9.96. The molecule has 0 amide bonds. The quantitative estimate of drug-likeness (QED) is 0.309. The van der Waals surface area contributed by atoms with E-state index in [2.05, 4.69) is 20.4 Å². The number of hydrogen-bond acceptors (Lipinski definition) is 8. The number of carboxylic acids is 2. The van der Waals surface area contributed by atoms with Crippen LogP contribution in [0.4, 0.5) is 0 Å². The van der Waals surface area contributed by atoms with Gasteiger partial charge in [0, 0.05) is 21.5 Å². The van der Waals surface area contributed by atoms with E-state index < -0.39 is 11.9 Å². The molecule has 5 rings (SSSR count). The van der Waals surface area contributed by atoms with Crippen LogP contribution in [0.1, 0.15) is 31.8 Å². The molecular weight excluding hydrogens is 508 g/mol. The van der Waals surface area contributed by atoms with Crippen molar-refractivity contribution in [1.82, 2.24) is 0 Å². The molecule has 1 heterocycles. The van der Waals surface area contributed by atoms with Crippen LogP contribution in [0.5, 0.6) is 11.5 Å². The van der Waals surface area contributed by atoms with E-state index in [9.17, 15) is 34.2 Å². The molecule has 0 spiro atoms. The van der Waals surface area contributed by atoms with E-state index in [0.717, 1.165) is 28.3 Å². The first kappa shape index (κ1) is 26.6. The molecule has 0 aliphatic rings. The molecule has 39 heavy (non-hydrogen) atoms. The minimum Gasteiger partial charge on any atom is -0.478 e.